The smallest absolute Gasteiger partial charge is 0.0701 e. The largest absolute Gasteiger partial charge is 0.381 e. The molecule has 3 heteroatoms. The number of rotatable bonds is 0. The highest BCUT2D eigenvalue weighted by molar-refractivity contribution is 4.58. The molecule has 0 aromatic heterocycles. The van der Waals surface area contributed by atoms with Crippen LogP contribution in [0.5, 0.6) is 0 Å². The van der Waals surface area contributed by atoms with E-state index in [1.807, 2.05) is 0 Å². The lowest BCUT2D eigenvalue weighted by Gasteiger charge is -2.09. The Morgan fingerprint density at radius 1 is 0.800 bits per heavy atom. The van der Waals surface area contributed by atoms with Crippen LogP contribution in [-0.2, 0) is 9.47 Å². The van der Waals surface area contributed by atoms with Crippen molar-refractivity contribution in [2.75, 3.05) is 39.5 Å². The van der Waals surface area contributed by atoms with Crippen molar-refractivity contribution in [3.63, 3.8) is 0 Å². The Balaban J connectivity index is 0.0000000762. The first-order valence-electron chi connectivity index (χ1n) is 3.86. The first-order chi connectivity index (χ1) is 5.00. The fraction of sp³-hybridized carbons (Fsp3) is 1.00. The lowest BCUT2D eigenvalue weighted by Crippen LogP contribution is -2.09. The quantitative estimate of drug-likeness (QED) is 0.488. The molecule has 0 aromatic rings. The van der Waals surface area contributed by atoms with Crippen molar-refractivity contribution in [3.05, 3.63) is 0 Å². The van der Waals surface area contributed by atoms with Gasteiger partial charge < -0.3 is 14.8 Å². The Morgan fingerprint density at radius 3 is 1.10 bits per heavy atom. The van der Waals surface area contributed by atoms with Crippen molar-refractivity contribution in [1.82, 2.24) is 5.32 Å². The van der Waals surface area contributed by atoms with Crippen molar-refractivity contribution in [2.45, 2.75) is 6.42 Å². The van der Waals surface area contributed by atoms with Crippen molar-refractivity contribution in [1.29, 1.82) is 0 Å². The third kappa shape index (κ3) is 10.8. The van der Waals surface area contributed by atoms with E-state index in [4.69, 9.17) is 4.74 Å². The van der Waals surface area contributed by atoms with Gasteiger partial charge >= 0.3 is 0 Å². The summed E-state index contributed by atoms with van der Waals surface area (Å²) < 4.78 is 9.22. The van der Waals surface area contributed by atoms with E-state index in [1.165, 1.54) is 19.5 Å². The van der Waals surface area contributed by atoms with Crippen molar-refractivity contribution in [3.8, 4) is 0 Å². The second-order valence-corrected chi connectivity index (χ2v) is 2.33. The summed E-state index contributed by atoms with van der Waals surface area (Å²) in [4.78, 5) is 0. The van der Waals surface area contributed by atoms with Crippen LogP contribution in [0.15, 0.2) is 0 Å². The molecule has 3 fully saturated rings. The molecule has 0 unspecified atom stereocenters. The summed E-state index contributed by atoms with van der Waals surface area (Å²) in [5, 5.41) is 3.00. The molecule has 3 aliphatic heterocycles. The lowest BCUT2D eigenvalue weighted by molar-refractivity contribution is 0.0367. The average molecular weight is 145 g/mol. The number of hydrogen-bond donors (Lipinski definition) is 1. The Labute approximate surface area is 61.7 Å². The molecule has 0 spiro atoms. The minimum Gasteiger partial charge on any atom is -0.381 e. The number of hydrogen-bond acceptors (Lipinski definition) is 3. The van der Waals surface area contributed by atoms with Gasteiger partial charge in [-0.05, 0) is 6.42 Å². The third-order valence-electron chi connectivity index (χ3n) is 1.03. The molecule has 0 atom stereocenters. The second kappa shape index (κ2) is 5.65. The molecule has 0 radical (unpaired) electrons. The molecule has 10 heavy (non-hydrogen) atoms. The summed E-state index contributed by atoms with van der Waals surface area (Å²) in [6, 6.07) is 0. The van der Waals surface area contributed by atoms with Crippen LogP contribution in [0.4, 0.5) is 0 Å². The zero-order chi connectivity index (χ0) is 7.07. The van der Waals surface area contributed by atoms with E-state index >= 15 is 0 Å². The van der Waals surface area contributed by atoms with Gasteiger partial charge in [-0.3, -0.25) is 0 Å². The van der Waals surface area contributed by atoms with Gasteiger partial charge in [-0.2, -0.15) is 0 Å². The highest BCUT2D eigenvalue weighted by Crippen LogP contribution is 1.93. The Kier molecular flexibility index (Phi) is 4.51. The maximum atomic E-state index is 4.72. The van der Waals surface area contributed by atoms with Crippen LogP contribution in [0.2, 0.25) is 0 Å². The highest BCUT2D eigenvalue weighted by atomic mass is 16.6. The number of epoxide rings is 1. The molecule has 3 rings (SSSR count). The zero-order valence-corrected chi connectivity index (χ0v) is 6.27. The number of ether oxygens (including phenoxy) is 2. The maximum absolute atomic E-state index is 4.72. The summed E-state index contributed by atoms with van der Waals surface area (Å²) >= 11 is 0. The van der Waals surface area contributed by atoms with Gasteiger partial charge in [0.1, 0.15) is 0 Å². The molecule has 3 aliphatic rings. The van der Waals surface area contributed by atoms with Gasteiger partial charge in [0, 0.05) is 26.3 Å². The molecule has 0 bridgehead atoms. The van der Waals surface area contributed by atoms with Gasteiger partial charge in [-0.1, -0.05) is 0 Å². The van der Waals surface area contributed by atoms with Crippen LogP contribution in [0.3, 0.4) is 0 Å². The molecular formula is C7H15NO2. The van der Waals surface area contributed by atoms with Gasteiger partial charge in [0.05, 0.1) is 13.2 Å². The molecule has 3 saturated heterocycles. The summed E-state index contributed by atoms with van der Waals surface area (Å²) in [5.41, 5.74) is 0. The predicted molar refractivity (Wildman–Crippen MR) is 39.1 cm³/mol. The summed E-state index contributed by atoms with van der Waals surface area (Å²) in [7, 11) is 0. The highest BCUT2D eigenvalue weighted by Gasteiger charge is 1.94. The van der Waals surface area contributed by atoms with Crippen LogP contribution in [0, 0.1) is 0 Å². The molecule has 3 heterocycles. The first-order valence-corrected chi connectivity index (χ1v) is 3.86. The van der Waals surface area contributed by atoms with Crippen molar-refractivity contribution >= 4 is 0 Å². The topological polar surface area (TPSA) is 43.7 Å². The van der Waals surface area contributed by atoms with E-state index in [0.717, 1.165) is 26.4 Å². The molecule has 3 nitrogen and oxygen atoms in total. The van der Waals surface area contributed by atoms with E-state index in [2.05, 4.69) is 10.1 Å². The Hall–Kier alpha value is -0.120. The summed E-state index contributed by atoms with van der Waals surface area (Å²) in [6.45, 7) is 6.50. The minimum absolute atomic E-state index is 1.00. The number of nitrogens with one attached hydrogen (secondary N) is 1. The molecule has 0 saturated carbocycles. The normalized spacial score (nSPS) is 24.0. The Morgan fingerprint density at radius 2 is 1.10 bits per heavy atom. The van der Waals surface area contributed by atoms with Crippen LogP contribution in [0.25, 0.3) is 0 Å². The standard InChI is InChI=1S/C3H6O.C2H5N.C2H4O/c1-2-4-3-1;2*1-2-3-1/h1-3H2;3H,1-2H2;1-2H2. The van der Waals surface area contributed by atoms with E-state index in [0.29, 0.717) is 0 Å². The van der Waals surface area contributed by atoms with Gasteiger partial charge in [-0.15, -0.1) is 0 Å². The molecule has 0 aliphatic carbocycles. The van der Waals surface area contributed by atoms with E-state index in [-0.39, 0.29) is 0 Å². The van der Waals surface area contributed by atoms with Crippen LogP contribution < -0.4 is 5.32 Å². The van der Waals surface area contributed by atoms with Crippen LogP contribution in [0.1, 0.15) is 6.42 Å². The zero-order valence-electron chi connectivity index (χ0n) is 6.27. The summed E-state index contributed by atoms with van der Waals surface area (Å²) in [5.74, 6) is 0. The fourth-order valence-electron chi connectivity index (χ4n) is 0.144. The first kappa shape index (κ1) is 7.98. The van der Waals surface area contributed by atoms with Crippen LogP contribution in [-0.4, -0.2) is 39.5 Å². The van der Waals surface area contributed by atoms with E-state index < -0.39 is 0 Å². The summed E-state index contributed by atoms with van der Waals surface area (Å²) in [6.07, 6.45) is 1.28. The third-order valence-corrected chi connectivity index (χ3v) is 1.03. The second-order valence-electron chi connectivity index (χ2n) is 2.33. The monoisotopic (exact) mass is 145 g/mol. The van der Waals surface area contributed by atoms with Gasteiger partial charge in [0.25, 0.3) is 0 Å². The maximum Gasteiger partial charge on any atom is 0.0701 e. The Bertz CT molecular complexity index is 54.5. The average Bonchev–Trinajstić information content (AvgIpc) is 2.58. The van der Waals surface area contributed by atoms with E-state index in [1.54, 1.807) is 0 Å². The SMILES string of the molecule is C1CN1.C1CO1.C1COC1. The van der Waals surface area contributed by atoms with Crippen LogP contribution >= 0.6 is 0 Å². The molecule has 0 amide bonds. The van der Waals surface area contributed by atoms with Crippen molar-refractivity contribution < 1.29 is 9.47 Å². The molecule has 60 valence electrons. The van der Waals surface area contributed by atoms with E-state index in [9.17, 15) is 0 Å². The predicted octanol–water partition coefficient (Wildman–Crippen LogP) is 0.0129. The lowest BCUT2D eigenvalue weighted by atomic mass is 10.4. The molecular weight excluding hydrogens is 130 g/mol. The minimum atomic E-state index is 1.00. The van der Waals surface area contributed by atoms with Gasteiger partial charge in [0.15, 0.2) is 0 Å². The fourth-order valence-corrected chi connectivity index (χ4v) is 0.144. The molecule has 1 N–H and O–H groups in total. The van der Waals surface area contributed by atoms with Gasteiger partial charge in [0.2, 0.25) is 0 Å². The van der Waals surface area contributed by atoms with Gasteiger partial charge in [-0.25, -0.2) is 0 Å². The van der Waals surface area contributed by atoms with Crippen molar-refractivity contribution in [2.24, 2.45) is 0 Å². The molecule has 0 aromatic carbocycles.